The molecule has 7 heteroatoms. The van der Waals surface area contributed by atoms with Crippen molar-refractivity contribution in [1.82, 2.24) is 20.8 Å². The zero-order valence-corrected chi connectivity index (χ0v) is 11.9. The van der Waals surface area contributed by atoms with Crippen LogP contribution >= 0.6 is 0 Å². The Balaban J connectivity index is 1.83. The number of carbonyl (C=O) groups is 1. The van der Waals surface area contributed by atoms with Crippen LogP contribution in [0.5, 0.6) is 0 Å². The molecule has 1 aromatic heterocycles. The molecule has 2 unspecified atom stereocenters. The molecule has 112 valence electrons. The minimum Gasteiger partial charge on any atom is -0.391 e. The highest BCUT2D eigenvalue weighted by Crippen LogP contribution is 2.20. The van der Waals surface area contributed by atoms with Gasteiger partial charge in [-0.1, -0.05) is 19.0 Å². The van der Waals surface area contributed by atoms with Gasteiger partial charge in [-0.05, 0) is 31.7 Å². The van der Waals surface area contributed by atoms with Crippen LogP contribution in [0.15, 0.2) is 4.52 Å². The summed E-state index contributed by atoms with van der Waals surface area (Å²) in [5, 5.41) is 19.2. The van der Waals surface area contributed by atoms with Gasteiger partial charge in [-0.3, -0.25) is 4.79 Å². The summed E-state index contributed by atoms with van der Waals surface area (Å²) in [7, 11) is 0. The SMILES string of the molecule is CC(C)CC(O)CNC(=O)c1noc(C2CCCN2)n1. The summed E-state index contributed by atoms with van der Waals surface area (Å²) in [6, 6.07) is 0.0515. The standard InChI is InChI=1S/C13H22N4O3/c1-8(2)6-9(18)7-15-12(19)11-16-13(20-17-11)10-4-3-5-14-10/h8-10,14,18H,3-7H2,1-2H3,(H,15,19). The zero-order chi connectivity index (χ0) is 14.5. The minimum atomic E-state index is -0.554. The fourth-order valence-corrected chi connectivity index (χ4v) is 2.28. The third kappa shape index (κ3) is 4.01. The van der Waals surface area contributed by atoms with Gasteiger partial charge < -0.3 is 20.3 Å². The number of nitrogens with zero attached hydrogens (tertiary/aromatic N) is 2. The highest BCUT2D eigenvalue weighted by Gasteiger charge is 2.24. The molecule has 2 atom stereocenters. The molecule has 1 saturated heterocycles. The number of amides is 1. The first-order valence-corrected chi connectivity index (χ1v) is 7.09. The summed E-state index contributed by atoms with van der Waals surface area (Å²) in [6.07, 6.45) is 2.10. The van der Waals surface area contributed by atoms with Crippen LogP contribution < -0.4 is 10.6 Å². The van der Waals surface area contributed by atoms with Gasteiger partial charge in [-0.2, -0.15) is 4.98 Å². The van der Waals surface area contributed by atoms with E-state index in [1.54, 1.807) is 0 Å². The molecule has 1 fully saturated rings. The smallest absolute Gasteiger partial charge is 0.292 e. The quantitative estimate of drug-likeness (QED) is 0.707. The molecule has 2 rings (SSSR count). The fraction of sp³-hybridized carbons (Fsp3) is 0.769. The van der Waals surface area contributed by atoms with E-state index in [1.807, 2.05) is 13.8 Å². The van der Waals surface area contributed by atoms with Crippen molar-refractivity contribution >= 4 is 5.91 Å². The van der Waals surface area contributed by atoms with Crippen LogP contribution in [0.4, 0.5) is 0 Å². The summed E-state index contributed by atoms with van der Waals surface area (Å²) in [6.45, 7) is 5.16. The lowest BCUT2D eigenvalue weighted by Gasteiger charge is -2.12. The van der Waals surface area contributed by atoms with Crippen LogP contribution in [0, 0.1) is 5.92 Å². The zero-order valence-electron chi connectivity index (χ0n) is 11.9. The van der Waals surface area contributed by atoms with Gasteiger partial charge in [0.25, 0.3) is 11.7 Å². The van der Waals surface area contributed by atoms with Gasteiger partial charge in [-0.25, -0.2) is 0 Å². The van der Waals surface area contributed by atoms with Crippen LogP contribution in [0.3, 0.4) is 0 Å². The van der Waals surface area contributed by atoms with Crippen molar-refractivity contribution in [2.45, 2.75) is 45.3 Å². The van der Waals surface area contributed by atoms with Crippen LogP contribution in [0.25, 0.3) is 0 Å². The van der Waals surface area contributed by atoms with Crippen LogP contribution in [0.2, 0.25) is 0 Å². The Morgan fingerprint density at radius 3 is 3.05 bits per heavy atom. The predicted molar refractivity (Wildman–Crippen MR) is 72.1 cm³/mol. The number of hydrogen-bond donors (Lipinski definition) is 3. The molecule has 0 aliphatic carbocycles. The van der Waals surface area contributed by atoms with E-state index in [0.717, 1.165) is 19.4 Å². The van der Waals surface area contributed by atoms with E-state index in [9.17, 15) is 9.90 Å². The predicted octanol–water partition coefficient (Wildman–Crippen LogP) is 0.631. The molecule has 7 nitrogen and oxygen atoms in total. The third-order valence-corrected chi connectivity index (χ3v) is 3.24. The highest BCUT2D eigenvalue weighted by molar-refractivity contribution is 5.90. The average molecular weight is 282 g/mol. The average Bonchev–Trinajstić information content (AvgIpc) is 3.04. The van der Waals surface area contributed by atoms with Crippen molar-refractivity contribution < 1.29 is 14.4 Å². The molecule has 0 bridgehead atoms. The first-order chi connectivity index (χ1) is 9.56. The van der Waals surface area contributed by atoms with Crippen molar-refractivity contribution in [1.29, 1.82) is 0 Å². The molecule has 1 aromatic rings. The monoisotopic (exact) mass is 282 g/mol. The molecule has 0 aromatic carbocycles. The Kier molecular flexibility index (Phi) is 5.08. The van der Waals surface area contributed by atoms with Crippen molar-refractivity contribution in [2.24, 2.45) is 5.92 Å². The normalized spacial score (nSPS) is 20.3. The molecule has 1 aliphatic heterocycles. The van der Waals surface area contributed by atoms with Gasteiger partial charge in [0.15, 0.2) is 0 Å². The lowest BCUT2D eigenvalue weighted by molar-refractivity contribution is 0.0887. The van der Waals surface area contributed by atoms with Crippen molar-refractivity contribution in [3.63, 3.8) is 0 Å². The maximum Gasteiger partial charge on any atom is 0.292 e. The summed E-state index contributed by atoms with van der Waals surface area (Å²) < 4.78 is 5.09. The minimum absolute atomic E-state index is 0.0189. The fourth-order valence-electron chi connectivity index (χ4n) is 2.28. The molecule has 0 radical (unpaired) electrons. The maximum absolute atomic E-state index is 11.8. The number of carbonyl (C=O) groups excluding carboxylic acids is 1. The van der Waals surface area contributed by atoms with Crippen LogP contribution in [0.1, 0.15) is 55.7 Å². The van der Waals surface area contributed by atoms with E-state index in [4.69, 9.17) is 4.52 Å². The number of nitrogens with one attached hydrogen (secondary N) is 2. The van der Waals surface area contributed by atoms with Gasteiger partial charge in [-0.15, -0.1) is 0 Å². The molecular formula is C13H22N4O3. The maximum atomic E-state index is 11.8. The molecule has 1 aliphatic rings. The summed E-state index contributed by atoms with van der Waals surface area (Å²) >= 11 is 0. The van der Waals surface area contributed by atoms with E-state index in [1.165, 1.54) is 0 Å². The Morgan fingerprint density at radius 2 is 2.40 bits per heavy atom. The van der Waals surface area contributed by atoms with Crippen molar-refractivity contribution in [3.05, 3.63) is 11.7 Å². The van der Waals surface area contributed by atoms with Crippen LogP contribution in [-0.2, 0) is 0 Å². The second kappa shape index (κ2) is 6.81. The topological polar surface area (TPSA) is 100 Å². The Labute approximate surface area is 118 Å². The van der Waals surface area contributed by atoms with Gasteiger partial charge in [0.2, 0.25) is 5.89 Å². The highest BCUT2D eigenvalue weighted by atomic mass is 16.5. The van der Waals surface area contributed by atoms with Crippen LogP contribution in [-0.4, -0.2) is 40.3 Å². The first-order valence-electron chi connectivity index (χ1n) is 7.09. The molecule has 20 heavy (non-hydrogen) atoms. The van der Waals surface area contributed by atoms with E-state index in [0.29, 0.717) is 18.2 Å². The number of aromatic nitrogens is 2. The lowest BCUT2D eigenvalue weighted by Crippen LogP contribution is -2.33. The second-order valence-corrected chi connectivity index (χ2v) is 5.60. The Morgan fingerprint density at radius 1 is 1.60 bits per heavy atom. The van der Waals surface area contributed by atoms with Gasteiger partial charge in [0.05, 0.1) is 12.1 Å². The van der Waals surface area contributed by atoms with E-state index in [-0.39, 0.29) is 18.4 Å². The summed E-state index contributed by atoms with van der Waals surface area (Å²) in [5.41, 5.74) is 0. The molecule has 0 spiro atoms. The molecule has 3 N–H and O–H groups in total. The largest absolute Gasteiger partial charge is 0.391 e. The van der Waals surface area contributed by atoms with E-state index < -0.39 is 12.0 Å². The number of aliphatic hydroxyl groups excluding tert-OH is 1. The number of aliphatic hydroxyl groups is 1. The van der Waals surface area contributed by atoms with Crippen molar-refractivity contribution in [2.75, 3.05) is 13.1 Å². The van der Waals surface area contributed by atoms with Gasteiger partial charge in [0, 0.05) is 6.54 Å². The van der Waals surface area contributed by atoms with Gasteiger partial charge in [0.1, 0.15) is 0 Å². The van der Waals surface area contributed by atoms with Gasteiger partial charge >= 0.3 is 0 Å². The summed E-state index contributed by atoms with van der Waals surface area (Å²) in [5.74, 6) is 0.439. The summed E-state index contributed by atoms with van der Waals surface area (Å²) in [4.78, 5) is 15.9. The Hall–Kier alpha value is -1.47. The molecule has 1 amide bonds. The first kappa shape index (κ1) is 14.9. The molecular weight excluding hydrogens is 260 g/mol. The van der Waals surface area contributed by atoms with Crippen molar-refractivity contribution in [3.8, 4) is 0 Å². The number of hydrogen-bond acceptors (Lipinski definition) is 6. The van der Waals surface area contributed by atoms with E-state index >= 15 is 0 Å². The lowest BCUT2D eigenvalue weighted by atomic mass is 10.1. The second-order valence-electron chi connectivity index (χ2n) is 5.60. The van der Waals surface area contributed by atoms with E-state index in [2.05, 4.69) is 20.8 Å². The number of rotatable bonds is 6. The molecule has 2 heterocycles. The molecule has 0 saturated carbocycles. The Bertz CT molecular complexity index is 441. The third-order valence-electron chi connectivity index (χ3n) is 3.24.